The fourth-order valence-corrected chi connectivity index (χ4v) is 3.00. The number of hydroxylamine groups is 2. The van der Waals surface area contributed by atoms with Crippen LogP contribution in [0.3, 0.4) is 0 Å². The van der Waals surface area contributed by atoms with Crippen molar-refractivity contribution in [1.29, 1.82) is 0 Å². The summed E-state index contributed by atoms with van der Waals surface area (Å²) in [5, 5.41) is 21.1. The van der Waals surface area contributed by atoms with Crippen molar-refractivity contribution in [1.82, 2.24) is 25.5 Å². The molecule has 0 radical (unpaired) electrons. The van der Waals surface area contributed by atoms with Crippen LogP contribution in [0.5, 0.6) is 0 Å². The number of hydrogen-bond acceptors (Lipinski definition) is 7. The normalized spacial score (nSPS) is 23.1. The average molecular weight is 353 g/mol. The van der Waals surface area contributed by atoms with Gasteiger partial charge in [0.05, 0.1) is 6.04 Å². The highest BCUT2D eigenvalue weighted by atomic mass is 16.6. The molecular formula is C15H23N5O5. The lowest BCUT2D eigenvalue weighted by Gasteiger charge is -2.27. The molecule has 2 atom stereocenters. The molecule has 3 amide bonds. The van der Waals surface area contributed by atoms with E-state index in [0.29, 0.717) is 44.1 Å². The van der Waals surface area contributed by atoms with Gasteiger partial charge in [0.2, 0.25) is 11.8 Å². The lowest BCUT2D eigenvalue weighted by molar-refractivity contribution is -0.0584. The number of ether oxygens (including phenoxy) is 1. The Labute approximate surface area is 145 Å². The first-order chi connectivity index (χ1) is 11.7. The van der Waals surface area contributed by atoms with Crippen LogP contribution in [-0.2, 0) is 11.2 Å². The molecule has 0 aromatic carbocycles. The zero-order chi connectivity index (χ0) is 18.2. The highest BCUT2D eigenvalue weighted by Gasteiger charge is 2.46. The Bertz CT molecular complexity index is 655. The summed E-state index contributed by atoms with van der Waals surface area (Å²) in [6, 6.07) is -0.913. The molecule has 0 unspecified atom stereocenters. The maximum atomic E-state index is 12.0. The van der Waals surface area contributed by atoms with Gasteiger partial charge in [-0.2, -0.15) is 0 Å². The molecule has 2 bridgehead atoms. The standard InChI is InChI=1S/C15H23N5O5/c1-15(2,3)25-13(21)16-7-6-11-17-18-12(24-11)10-5-4-9-8-19(10)14(22)20(9)23/h9-10,23H,4-8H2,1-3H3,(H,16,21)/t9-,10+/m1/s1. The van der Waals surface area contributed by atoms with Gasteiger partial charge in [-0.05, 0) is 33.6 Å². The summed E-state index contributed by atoms with van der Waals surface area (Å²) in [5.74, 6) is 0.732. The second-order valence-electron chi connectivity index (χ2n) is 7.24. The third kappa shape index (κ3) is 3.84. The van der Waals surface area contributed by atoms with Crippen LogP contribution in [0.4, 0.5) is 9.59 Å². The second kappa shape index (κ2) is 6.51. The molecule has 25 heavy (non-hydrogen) atoms. The molecule has 1 aromatic rings. The predicted octanol–water partition coefficient (Wildman–Crippen LogP) is 1.47. The highest BCUT2D eigenvalue weighted by Crippen LogP contribution is 2.36. The quantitative estimate of drug-likeness (QED) is 0.786. The summed E-state index contributed by atoms with van der Waals surface area (Å²) in [5.41, 5.74) is -0.552. The minimum absolute atomic E-state index is 0.163. The van der Waals surface area contributed by atoms with Crippen molar-refractivity contribution >= 4 is 12.1 Å². The number of rotatable bonds is 4. The Balaban J connectivity index is 1.53. The minimum Gasteiger partial charge on any atom is -0.444 e. The number of nitrogens with zero attached hydrogens (tertiary/aromatic N) is 4. The fraction of sp³-hybridized carbons (Fsp3) is 0.733. The number of carbonyl (C=O) groups is 2. The zero-order valence-electron chi connectivity index (χ0n) is 14.6. The Morgan fingerprint density at radius 2 is 2.16 bits per heavy atom. The van der Waals surface area contributed by atoms with Crippen molar-refractivity contribution in [2.45, 2.75) is 57.7 Å². The summed E-state index contributed by atoms with van der Waals surface area (Å²) in [6.07, 6.45) is 1.20. The Kier molecular flexibility index (Phi) is 4.55. The van der Waals surface area contributed by atoms with E-state index in [2.05, 4.69) is 15.5 Å². The monoisotopic (exact) mass is 353 g/mol. The summed E-state index contributed by atoms with van der Waals surface area (Å²) < 4.78 is 10.8. The molecule has 138 valence electrons. The first kappa shape index (κ1) is 17.5. The van der Waals surface area contributed by atoms with Crippen LogP contribution in [0.15, 0.2) is 4.42 Å². The minimum atomic E-state index is -0.552. The molecule has 0 aliphatic carbocycles. The van der Waals surface area contributed by atoms with Crippen LogP contribution < -0.4 is 5.32 Å². The van der Waals surface area contributed by atoms with Crippen molar-refractivity contribution in [3.63, 3.8) is 0 Å². The molecule has 0 spiro atoms. The largest absolute Gasteiger partial charge is 0.444 e. The number of alkyl carbamates (subject to hydrolysis) is 1. The fourth-order valence-electron chi connectivity index (χ4n) is 3.00. The maximum Gasteiger partial charge on any atom is 0.407 e. The smallest absolute Gasteiger partial charge is 0.407 e. The molecule has 2 fully saturated rings. The molecule has 1 aromatic heterocycles. The molecule has 2 saturated heterocycles. The van der Waals surface area contributed by atoms with Crippen LogP contribution in [-0.4, -0.2) is 62.2 Å². The van der Waals surface area contributed by atoms with E-state index in [0.717, 1.165) is 5.06 Å². The van der Waals surface area contributed by atoms with E-state index in [1.165, 1.54) is 0 Å². The summed E-state index contributed by atoms with van der Waals surface area (Å²) in [6.45, 7) is 6.13. The SMILES string of the molecule is CC(C)(C)OC(=O)NCCc1nnc([C@@H]2CC[C@@H]3CN2C(=O)N3O)o1. The number of aromatic nitrogens is 2. The molecule has 2 N–H and O–H groups in total. The molecule has 2 aliphatic heterocycles. The van der Waals surface area contributed by atoms with Crippen LogP contribution in [0, 0.1) is 0 Å². The number of amides is 3. The number of urea groups is 1. The molecule has 0 saturated carbocycles. The second-order valence-corrected chi connectivity index (χ2v) is 7.24. The van der Waals surface area contributed by atoms with Gasteiger partial charge in [0, 0.05) is 19.5 Å². The molecule has 10 heteroatoms. The summed E-state index contributed by atoms with van der Waals surface area (Å²) in [7, 11) is 0. The van der Waals surface area contributed by atoms with Gasteiger partial charge < -0.3 is 19.4 Å². The van der Waals surface area contributed by atoms with Gasteiger partial charge in [-0.15, -0.1) is 10.2 Å². The van der Waals surface area contributed by atoms with Crippen LogP contribution in [0.25, 0.3) is 0 Å². The average Bonchev–Trinajstić information content (AvgIpc) is 3.07. The number of fused-ring (bicyclic) bond motifs is 2. The van der Waals surface area contributed by atoms with Gasteiger partial charge in [-0.3, -0.25) is 5.21 Å². The highest BCUT2D eigenvalue weighted by molar-refractivity contribution is 5.76. The van der Waals surface area contributed by atoms with Crippen LogP contribution in [0.1, 0.15) is 51.4 Å². The van der Waals surface area contributed by atoms with E-state index < -0.39 is 17.7 Å². The Hall–Kier alpha value is -2.36. The van der Waals surface area contributed by atoms with Gasteiger partial charge in [-0.1, -0.05) is 0 Å². The maximum absolute atomic E-state index is 12.0. The van der Waals surface area contributed by atoms with E-state index in [1.807, 2.05) is 0 Å². The zero-order valence-corrected chi connectivity index (χ0v) is 14.6. The Morgan fingerprint density at radius 3 is 2.88 bits per heavy atom. The van der Waals surface area contributed by atoms with Crippen molar-refractivity contribution in [2.75, 3.05) is 13.1 Å². The van der Waals surface area contributed by atoms with Crippen molar-refractivity contribution < 1.29 is 24.0 Å². The first-order valence-corrected chi connectivity index (χ1v) is 8.32. The summed E-state index contributed by atoms with van der Waals surface area (Å²) >= 11 is 0. The lowest BCUT2D eigenvalue weighted by atomic mass is 10.0. The van der Waals surface area contributed by atoms with E-state index in [1.54, 1.807) is 25.7 Å². The van der Waals surface area contributed by atoms with Gasteiger partial charge in [0.1, 0.15) is 11.6 Å². The number of nitrogens with one attached hydrogen (secondary N) is 1. The van der Waals surface area contributed by atoms with E-state index >= 15 is 0 Å². The van der Waals surface area contributed by atoms with E-state index in [9.17, 15) is 14.8 Å². The lowest BCUT2D eigenvalue weighted by Crippen LogP contribution is -2.34. The van der Waals surface area contributed by atoms with Gasteiger partial charge >= 0.3 is 12.1 Å². The Morgan fingerprint density at radius 1 is 1.40 bits per heavy atom. The summed E-state index contributed by atoms with van der Waals surface area (Å²) in [4.78, 5) is 25.1. The molecule has 3 rings (SSSR count). The molecular weight excluding hydrogens is 330 g/mol. The van der Waals surface area contributed by atoms with E-state index in [4.69, 9.17) is 9.15 Å². The number of carbonyl (C=O) groups excluding carboxylic acids is 2. The predicted molar refractivity (Wildman–Crippen MR) is 83.7 cm³/mol. The molecule has 10 nitrogen and oxygen atoms in total. The molecule has 2 aliphatic rings. The van der Waals surface area contributed by atoms with Crippen molar-refractivity contribution in [2.24, 2.45) is 0 Å². The third-order valence-electron chi connectivity index (χ3n) is 4.12. The number of hydrogen-bond donors (Lipinski definition) is 2. The van der Waals surface area contributed by atoms with Crippen molar-refractivity contribution in [3.8, 4) is 0 Å². The topological polar surface area (TPSA) is 121 Å². The number of piperidine rings is 1. The molecule has 3 heterocycles. The van der Waals surface area contributed by atoms with Crippen LogP contribution >= 0.6 is 0 Å². The van der Waals surface area contributed by atoms with Gasteiger partial charge in [0.25, 0.3) is 0 Å². The third-order valence-corrected chi connectivity index (χ3v) is 4.12. The van der Waals surface area contributed by atoms with Crippen LogP contribution in [0.2, 0.25) is 0 Å². The van der Waals surface area contributed by atoms with Crippen molar-refractivity contribution in [3.05, 3.63) is 11.8 Å². The van der Waals surface area contributed by atoms with Gasteiger partial charge in [-0.25, -0.2) is 14.7 Å². The van der Waals surface area contributed by atoms with E-state index in [-0.39, 0.29) is 12.1 Å². The van der Waals surface area contributed by atoms with Gasteiger partial charge in [0.15, 0.2) is 0 Å². The first-order valence-electron chi connectivity index (χ1n) is 8.32.